The maximum Gasteiger partial charge on any atom is 0.248 e. The summed E-state index contributed by atoms with van der Waals surface area (Å²) in [4.78, 5) is 48.3. The predicted molar refractivity (Wildman–Crippen MR) is 162 cm³/mol. The fourth-order valence-corrected chi connectivity index (χ4v) is 8.22. The highest BCUT2D eigenvalue weighted by Crippen LogP contribution is 2.61. The van der Waals surface area contributed by atoms with E-state index < -0.39 is 35.6 Å². The number of aliphatic hydroxyl groups is 1. The van der Waals surface area contributed by atoms with Crippen molar-refractivity contribution < 1.29 is 24.2 Å². The van der Waals surface area contributed by atoms with Crippen molar-refractivity contribution in [2.45, 2.75) is 81.1 Å². The summed E-state index contributed by atoms with van der Waals surface area (Å²) in [5.74, 6) is -2.29. The average Bonchev–Trinajstić information content (AvgIpc) is 3.55. The molecular weight excluding hydrogens is 586 g/mol. The van der Waals surface area contributed by atoms with Crippen molar-refractivity contribution in [3.8, 4) is 0 Å². The molecule has 3 fully saturated rings. The van der Waals surface area contributed by atoms with Crippen molar-refractivity contribution in [3.05, 3.63) is 61.2 Å². The van der Waals surface area contributed by atoms with Gasteiger partial charge in [0.2, 0.25) is 17.7 Å². The molecule has 0 radical (unpaired) electrons. The fraction of sp³-hybridized carbons (Fsp3) is 0.594. The van der Waals surface area contributed by atoms with Crippen molar-refractivity contribution in [1.82, 2.24) is 14.7 Å². The molecule has 8 nitrogen and oxygen atoms in total. The van der Waals surface area contributed by atoms with Crippen LogP contribution in [0.5, 0.6) is 0 Å². The van der Waals surface area contributed by atoms with Gasteiger partial charge >= 0.3 is 0 Å². The number of carbonyl (C=O) groups is 3. The lowest BCUT2D eigenvalue weighted by Gasteiger charge is -2.41. The van der Waals surface area contributed by atoms with E-state index in [4.69, 9.17) is 4.74 Å². The number of hydrogen-bond acceptors (Lipinski definition) is 5. The summed E-state index contributed by atoms with van der Waals surface area (Å²) >= 11 is 3.76. The molecule has 4 unspecified atom stereocenters. The summed E-state index contributed by atoms with van der Waals surface area (Å²) in [5, 5.41) is 10.7. The summed E-state index contributed by atoms with van der Waals surface area (Å²) in [6.45, 7) is 14.6. The van der Waals surface area contributed by atoms with Gasteiger partial charge in [-0.05, 0) is 31.7 Å². The number of carbonyl (C=O) groups excluding carboxylic acids is 3. The molecular formula is C32H44BrN3O5. The van der Waals surface area contributed by atoms with Crippen LogP contribution in [0, 0.1) is 11.8 Å². The first-order valence-electron chi connectivity index (χ1n) is 14.8. The lowest BCUT2D eigenvalue weighted by molar-refractivity contribution is -0.153. The number of rotatable bonds is 14. The van der Waals surface area contributed by atoms with Crippen LogP contribution in [0.25, 0.3) is 0 Å². The molecule has 8 atom stereocenters. The molecule has 41 heavy (non-hydrogen) atoms. The summed E-state index contributed by atoms with van der Waals surface area (Å²) < 4.78 is 6.73. The molecule has 3 saturated heterocycles. The SMILES string of the molecule is C=CCN(CCC)C(=O)[C@H]1[C@@H]2OC3(CC2Br)C(C(=O)N(CC=C)C(C)CCC)N([C@H](CO)c2ccccc2)C(=O)[C@H]13. The Labute approximate surface area is 252 Å². The van der Waals surface area contributed by atoms with E-state index in [0.717, 1.165) is 24.8 Å². The molecule has 4 rings (SSSR count). The van der Waals surface area contributed by atoms with Crippen LogP contribution in [0.2, 0.25) is 0 Å². The second-order valence-corrected chi connectivity index (χ2v) is 12.7. The summed E-state index contributed by atoms with van der Waals surface area (Å²) in [7, 11) is 0. The maximum atomic E-state index is 14.7. The smallest absolute Gasteiger partial charge is 0.248 e. The molecule has 3 heterocycles. The number of alkyl halides is 1. The van der Waals surface area contributed by atoms with Gasteiger partial charge < -0.3 is 24.5 Å². The van der Waals surface area contributed by atoms with Gasteiger partial charge in [0.1, 0.15) is 11.6 Å². The van der Waals surface area contributed by atoms with Crippen molar-refractivity contribution >= 4 is 33.7 Å². The third-order valence-electron chi connectivity index (χ3n) is 8.94. The molecule has 3 aliphatic heterocycles. The fourth-order valence-electron chi connectivity index (χ4n) is 7.28. The Morgan fingerprint density at radius 2 is 1.85 bits per heavy atom. The number of hydrogen-bond donors (Lipinski definition) is 1. The third-order valence-corrected chi connectivity index (χ3v) is 9.79. The van der Waals surface area contributed by atoms with E-state index in [0.29, 0.717) is 26.1 Å². The highest BCUT2D eigenvalue weighted by atomic mass is 79.9. The second kappa shape index (κ2) is 13.2. The predicted octanol–water partition coefficient (Wildman–Crippen LogP) is 4.10. The Morgan fingerprint density at radius 1 is 1.17 bits per heavy atom. The van der Waals surface area contributed by atoms with E-state index >= 15 is 0 Å². The van der Waals surface area contributed by atoms with E-state index in [1.165, 1.54) is 4.90 Å². The molecule has 1 N–H and O–H groups in total. The zero-order valence-electron chi connectivity index (χ0n) is 24.5. The second-order valence-electron chi connectivity index (χ2n) is 11.5. The van der Waals surface area contributed by atoms with Crippen LogP contribution >= 0.6 is 15.9 Å². The molecule has 0 aromatic heterocycles. The number of likely N-dealkylation sites (tertiary alicyclic amines) is 1. The van der Waals surface area contributed by atoms with Gasteiger partial charge in [-0.1, -0.05) is 78.7 Å². The van der Waals surface area contributed by atoms with Crippen LogP contribution < -0.4 is 0 Å². The lowest BCUT2D eigenvalue weighted by Crippen LogP contribution is -2.59. The van der Waals surface area contributed by atoms with Gasteiger partial charge in [-0.25, -0.2) is 0 Å². The van der Waals surface area contributed by atoms with Gasteiger partial charge in [-0.2, -0.15) is 0 Å². The maximum absolute atomic E-state index is 14.7. The molecule has 3 aliphatic rings. The normalized spacial score (nSPS) is 29.6. The van der Waals surface area contributed by atoms with Crippen molar-refractivity contribution in [1.29, 1.82) is 0 Å². The zero-order valence-corrected chi connectivity index (χ0v) is 26.0. The van der Waals surface area contributed by atoms with Crippen LogP contribution in [-0.4, -0.2) is 92.4 Å². The minimum atomic E-state index is -1.20. The van der Waals surface area contributed by atoms with Gasteiger partial charge in [0.25, 0.3) is 0 Å². The molecule has 9 heteroatoms. The number of nitrogens with zero attached hydrogens (tertiary/aromatic N) is 3. The summed E-state index contributed by atoms with van der Waals surface area (Å²) in [5.41, 5.74) is -0.478. The van der Waals surface area contributed by atoms with Crippen molar-refractivity contribution in [3.63, 3.8) is 0 Å². The van der Waals surface area contributed by atoms with Crippen molar-refractivity contribution in [2.75, 3.05) is 26.2 Å². The van der Waals surface area contributed by atoms with E-state index in [-0.39, 0.29) is 35.2 Å². The van der Waals surface area contributed by atoms with Crippen LogP contribution in [0.15, 0.2) is 55.6 Å². The minimum Gasteiger partial charge on any atom is -0.394 e. The molecule has 3 amide bonds. The van der Waals surface area contributed by atoms with Gasteiger partial charge in [0, 0.05) is 30.5 Å². The Kier molecular flexibility index (Phi) is 10.1. The Bertz CT molecular complexity index is 1130. The lowest BCUT2D eigenvalue weighted by atomic mass is 9.70. The van der Waals surface area contributed by atoms with Gasteiger partial charge in [-0.15, -0.1) is 13.2 Å². The highest BCUT2D eigenvalue weighted by Gasteiger charge is 2.77. The standard InChI is InChI=1S/C32H44BrN3O5/c1-6-13-21(5)35(18-9-4)31(40)28-32-19-23(33)27(41-32)25(29(38)34(16-7-2)17-8-3)26(32)30(39)36(28)24(20-37)22-14-11-10-12-15-22/h7,9-12,14-15,21,23-28,37H,2,4,6,8,13,16-20H2,1,3,5H3/t21?,23?,24-,25-,26+,27-,28?,32?/m1/s1. The Hall–Kier alpha value is -2.49. The first kappa shape index (κ1) is 31.4. The number of benzene rings is 1. The average molecular weight is 631 g/mol. The van der Waals surface area contributed by atoms with Crippen LogP contribution in [0.1, 0.15) is 58.1 Å². The molecule has 2 bridgehead atoms. The molecule has 0 saturated carbocycles. The van der Waals surface area contributed by atoms with Gasteiger partial charge in [0.15, 0.2) is 0 Å². The van der Waals surface area contributed by atoms with E-state index in [1.54, 1.807) is 22.0 Å². The largest absolute Gasteiger partial charge is 0.394 e. The first-order chi connectivity index (χ1) is 19.7. The van der Waals surface area contributed by atoms with Crippen molar-refractivity contribution in [2.24, 2.45) is 11.8 Å². The Morgan fingerprint density at radius 3 is 2.44 bits per heavy atom. The molecule has 1 aromatic rings. The van der Waals surface area contributed by atoms with E-state index in [1.807, 2.05) is 44.2 Å². The van der Waals surface area contributed by atoms with Gasteiger partial charge in [-0.3, -0.25) is 14.4 Å². The van der Waals surface area contributed by atoms with E-state index in [9.17, 15) is 19.5 Å². The number of amides is 3. The van der Waals surface area contributed by atoms with Crippen LogP contribution in [0.3, 0.4) is 0 Å². The molecule has 224 valence electrons. The quantitative estimate of drug-likeness (QED) is 0.247. The highest BCUT2D eigenvalue weighted by molar-refractivity contribution is 9.09. The number of aliphatic hydroxyl groups excluding tert-OH is 1. The summed E-state index contributed by atoms with van der Waals surface area (Å²) in [6, 6.07) is 7.41. The third kappa shape index (κ3) is 5.41. The van der Waals surface area contributed by atoms with Crippen LogP contribution in [-0.2, 0) is 19.1 Å². The van der Waals surface area contributed by atoms with Crippen LogP contribution in [0.4, 0.5) is 0 Å². The molecule has 1 spiro atoms. The van der Waals surface area contributed by atoms with E-state index in [2.05, 4.69) is 36.0 Å². The minimum absolute atomic E-state index is 0.0920. The zero-order chi connectivity index (χ0) is 29.9. The Balaban J connectivity index is 1.87. The molecule has 0 aliphatic carbocycles. The number of ether oxygens (including phenoxy) is 1. The first-order valence-corrected chi connectivity index (χ1v) is 15.7. The molecule has 1 aromatic carbocycles. The topological polar surface area (TPSA) is 90.4 Å². The number of halogens is 1. The van der Waals surface area contributed by atoms with Gasteiger partial charge in [0.05, 0.1) is 30.6 Å². The monoisotopic (exact) mass is 629 g/mol. The summed E-state index contributed by atoms with van der Waals surface area (Å²) in [6.07, 6.45) is 5.71. The number of fused-ring (bicyclic) bond motifs is 1.